The summed E-state index contributed by atoms with van der Waals surface area (Å²) in [7, 11) is 2.07. The molecule has 0 unspecified atom stereocenters. The van der Waals surface area contributed by atoms with E-state index in [2.05, 4.69) is 30.8 Å². The maximum atomic E-state index is 5.88. The Kier molecular flexibility index (Phi) is 3.94. The average molecular weight is 249 g/mol. The third kappa shape index (κ3) is 3.52. The molecule has 1 aliphatic carbocycles. The summed E-state index contributed by atoms with van der Waals surface area (Å²) in [5.41, 5.74) is 6.49. The molecule has 2 N–H and O–H groups in total. The highest BCUT2D eigenvalue weighted by Crippen LogP contribution is 2.31. The van der Waals surface area contributed by atoms with E-state index in [4.69, 9.17) is 10.5 Å². The van der Waals surface area contributed by atoms with Crippen LogP contribution < -0.4 is 15.4 Å². The fraction of sp³-hybridized carbons (Fsp3) is 0.643. The number of nitrogens with two attached hydrogens (primary N) is 1. The van der Waals surface area contributed by atoms with Crippen molar-refractivity contribution in [2.24, 2.45) is 11.8 Å². The summed E-state index contributed by atoms with van der Waals surface area (Å²) < 4.78 is 5.65. The molecular formula is C14H23N3O. The number of anilines is 2. The Morgan fingerprint density at radius 1 is 1.44 bits per heavy atom. The van der Waals surface area contributed by atoms with Crippen LogP contribution in [-0.4, -0.2) is 25.2 Å². The molecule has 100 valence electrons. The lowest BCUT2D eigenvalue weighted by atomic mass is 10.2. The quantitative estimate of drug-likeness (QED) is 0.841. The third-order valence-electron chi connectivity index (χ3n) is 3.05. The fourth-order valence-electron chi connectivity index (χ4n) is 1.80. The van der Waals surface area contributed by atoms with Gasteiger partial charge in [-0.1, -0.05) is 13.8 Å². The Hall–Kier alpha value is -1.45. The molecule has 18 heavy (non-hydrogen) atoms. The van der Waals surface area contributed by atoms with Crippen LogP contribution >= 0.6 is 0 Å². The first-order chi connectivity index (χ1) is 8.56. The summed E-state index contributed by atoms with van der Waals surface area (Å²) in [5.74, 6) is 2.81. The second-order valence-corrected chi connectivity index (χ2v) is 5.59. The van der Waals surface area contributed by atoms with E-state index in [1.54, 1.807) is 0 Å². The van der Waals surface area contributed by atoms with Gasteiger partial charge in [-0.3, -0.25) is 0 Å². The molecule has 4 nitrogen and oxygen atoms in total. The maximum Gasteiger partial charge on any atom is 0.239 e. The summed E-state index contributed by atoms with van der Waals surface area (Å²) in [6.07, 6.45) is 2.69. The van der Waals surface area contributed by atoms with Crippen molar-refractivity contribution in [2.75, 3.05) is 30.8 Å². The van der Waals surface area contributed by atoms with E-state index < -0.39 is 0 Å². The SMILES string of the molecule is CC(C)COc1nc(N(C)CC2CC2)ccc1N. The van der Waals surface area contributed by atoms with E-state index >= 15 is 0 Å². The van der Waals surface area contributed by atoms with Crippen molar-refractivity contribution >= 4 is 11.5 Å². The van der Waals surface area contributed by atoms with Crippen molar-refractivity contribution in [1.82, 2.24) is 4.98 Å². The van der Waals surface area contributed by atoms with E-state index in [9.17, 15) is 0 Å². The van der Waals surface area contributed by atoms with Gasteiger partial charge in [-0.05, 0) is 36.8 Å². The van der Waals surface area contributed by atoms with E-state index in [1.807, 2.05) is 12.1 Å². The number of ether oxygens (including phenoxy) is 1. The predicted octanol–water partition coefficient (Wildman–Crippen LogP) is 2.54. The number of rotatable bonds is 6. The third-order valence-corrected chi connectivity index (χ3v) is 3.05. The molecular weight excluding hydrogens is 226 g/mol. The first-order valence-electron chi connectivity index (χ1n) is 6.66. The Balaban J connectivity index is 2.04. The van der Waals surface area contributed by atoms with Crippen LogP contribution in [0.2, 0.25) is 0 Å². The standard InChI is InChI=1S/C14H23N3O/c1-10(2)9-18-14-12(15)6-7-13(16-14)17(3)8-11-4-5-11/h6-7,10-11H,4-5,8-9,15H2,1-3H3. The molecule has 1 fully saturated rings. The summed E-state index contributed by atoms with van der Waals surface area (Å²) in [5, 5.41) is 0. The molecule has 1 saturated carbocycles. The van der Waals surface area contributed by atoms with Crippen LogP contribution in [0, 0.1) is 11.8 Å². The van der Waals surface area contributed by atoms with Gasteiger partial charge in [0, 0.05) is 13.6 Å². The smallest absolute Gasteiger partial charge is 0.239 e. The van der Waals surface area contributed by atoms with Gasteiger partial charge >= 0.3 is 0 Å². The Morgan fingerprint density at radius 2 is 2.17 bits per heavy atom. The highest BCUT2D eigenvalue weighted by molar-refractivity contribution is 5.54. The van der Waals surface area contributed by atoms with Crippen molar-refractivity contribution < 1.29 is 4.74 Å². The molecule has 1 aliphatic rings. The first-order valence-corrected chi connectivity index (χ1v) is 6.66. The largest absolute Gasteiger partial charge is 0.476 e. The number of nitrogens with zero attached hydrogens (tertiary/aromatic N) is 2. The van der Waals surface area contributed by atoms with Crippen LogP contribution in [0.25, 0.3) is 0 Å². The molecule has 0 aliphatic heterocycles. The number of pyridine rings is 1. The molecule has 0 saturated heterocycles. The van der Waals surface area contributed by atoms with Crippen molar-refractivity contribution in [2.45, 2.75) is 26.7 Å². The lowest BCUT2D eigenvalue weighted by molar-refractivity contribution is 0.263. The van der Waals surface area contributed by atoms with E-state index in [-0.39, 0.29) is 0 Å². The highest BCUT2D eigenvalue weighted by atomic mass is 16.5. The Labute approximate surface area is 109 Å². The second-order valence-electron chi connectivity index (χ2n) is 5.59. The Bertz CT molecular complexity index is 402. The van der Waals surface area contributed by atoms with Gasteiger partial charge < -0.3 is 15.4 Å². The summed E-state index contributed by atoms with van der Waals surface area (Å²) >= 11 is 0. The van der Waals surface area contributed by atoms with Gasteiger partial charge in [0.15, 0.2) is 0 Å². The molecule has 0 radical (unpaired) electrons. The monoisotopic (exact) mass is 249 g/mol. The zero-order chi connectivity index (χ0) is 13.1. The molecule has 1 heterocycles. The topological polar surface area (TPSA) is 51.4 Å². The normalized spacial score (nSPS) is 14.9. The van der Waals surface area contributed by atoms with Gasteiger partial charge in [0.05, 0.1) is 12.3 Å². The molecule has 0 bridgehead atoms. The molecule has 0 aromatic carbocycles. The second kappa shape index (κ2) is 5.46. The van der Waals surface area contributed by atoms with Gasteiger partial charge in [-0.15, -0.1) is 0 Å². The van der Waals surface area contributed by atoms with E-state index in [0.717, 1.165) is 18.3 Å². The molecule has 0 atom stereocenters. The molecule has 2 rings (SSSR count). The molecule has 1 aromatic heterocycles. The van der Waals surface area contributed by atoms with E-state index in [0.29, 0.717) is 24.1 Å². The molecule has 1 aromatic rings. The number of aromatic nitrogens is 1. The van der Waals surface area contributed by atoms with Crippen molar-refractivity contribution in [3.05, 3.63) is 12.1 Å². The van der Waals surface area contributed by atoms with Crippen LogP contribution in [0.4, 0.5) is 11.5 Å². The zero-order valence-electron chi connectivity index (χ0n) is 11.5. The van der Waals surface area contributed by atoms with Gasteiger partial charge in [-0.25, -0.2) is 0 Å². The minimum Gasteiger partial charge on any atom is -0.476 e. The van der Waals surface area contributed by atoms with Crippen molar-refractivity contribution in [3.8, 4) is 5.88 Å². The lowest BCUT2D eigenvalue weighted by Crippen LogP contribution is -2.21. The van der Waals surface area contributed by atoms with Crippen LogP contribution in [-0.2, 0) is 0 Å². The average Bonchev–Trinajstić information content (AvgIpc) is 3.11. The highest BCUT2D eigenvalue weighted by Gasteiger charge is 2.23. The van der Waals surface area contributed by atoms with Crippen LogP contribution in [0.3, 0.4) is 0 Å². The fourth-order valence-corrected chi connectivity index (χ4v) is 1.80. The minimum absolute atomic E-state index is 0.471. The van der Waals surface area contributed by atoms with Gasteiger partial charge in [0.2, 0.25) is 5.88 Å². The van der Waals surface area contributed by atoms with Crippen LogP contribution in [0.15, 0.2) is 12.1 Å². The summed E-state index contributed by atoms with van der Waals surface area (Å²) in [6.45, 7) is 5.94. The zero-order valence-corrected chi connectivity index (χ0v) is 11.5. The van der Waals surface area contributed by atoms with Crippen LogP contribution in [0.5, 0.6) is 5.88 Å². The lowest BCUT2D eigenvalue weighted by Gasteiger charge is -2.19. The summed E-state index contributed by atoms with van der Waals surface area (Å²) in [6, 6.07) is 3.83. The molecule has 0 amide bonds. The van der Waals surface area contributed by atoms with Crippen LogP contribution in [0.1, 0.15) is 26.7 Å². The van der Waals surface area contributed by atoms with Crippen molar-refractivity contribution in [1.29, 1.82) is 0 Å². The van der Waals surface area contributed by atoms with Gasteiger partial charge in [-0.2, -0.15) is 4.98 Å². The van der Waals surface area contributed by atoms with Crippen molar-refractivity contribution in [3.63, 3.8) is 0 Å². The Morgan fingerprint density at radius 3 is 2.78 bits per heavy atom. The summed E-state index contributed by atoms with van der Waals surface area (Å²) in [4.78, 5) is 6.68. The number of hydrogen-bond donors (Lipinski definition) is 1. The van der Waals surface area contributed by atoms with Gasteiger partial charge in [0.25, 0.3) is 0 Å². The molecule has 0 spiro atoms. The van der Waals surface area contributed by atoms with E-state index in [1.165, 1.54) is 12.8 Å². The first kappa shape index (κ1) is 13.0. The van der Waals surface area contributed by atoms with Gasteiger partial charge in [0.1, 0.15) is 5.82 Å². The number of hydrogen-bond acceptors (Lipinski definition) is 4. The number of nitrogen functional groups attached to an aromatic ring is 1. The minimum atomic E-state index is 0.471. The maximum absolute atomic E-state index is 5.88. The molecule has 4 heteroatoms. The predicted molar refractivity (Wildman–Crippen MR) is 75.0 cm³/mol.